The van der Waals surface area contributed by atoms with Crippen molar-refractivity contribution in [1.29, 1.82) is 0 Å². The Balaban J connectivity index is 1.43. The molecule has 3 unspecified atom stereocenters. The number of urea groups is 1. The first kappa shape index (κ1) is 22.4. The van der Waals surface area contributed by atoms with Crippen LogP contribution in [0.3, 0.4) is 0 Å². The maximum atomic E-state index is 11.0. The summed E-state index contributed by atoms with van der Waals surface area (Å²) < 4.78 is 5.95. The Bertz CT molecular complexity index is 1170. The van der Waals surface area contributed by atoms with Gasteiger partial charge < -0.3 is 10.5 Å². The van der Waals surface area contributed by atoms with Gasteiger partial charge in [-0.05, 0) is 54.4 Å². The highest BCUT2D eigenvalue weighted by atomic mass is 16.7. The van der Waals surface area contributed by atoms with Crippen molar-refractivity contribution in [2.45, 2.75) is 31.5 Å². The van der Waals surface area contributed by atoms with E-state index in [-0.39, 0.29) is 12.1 Å². The predicted octanol–water partition coefficient (Wildman–Crippen LogP) is 4.70. The Morgan fingerprint density at radius 3 is 2.61 bits per heavy atom. The van der Waals surface area contributed by atoms with Crippen LogP contribution in [0, 0.1) is 11.8 Å². The molecule has 1 fully saturated rings. The van der Waals surface area contributed by atoms with Gasteiger partial charge in [-0.3, -0.25) is 10.0 Å². The highest BCUT2D eigenvalue weighted by Gasteiger charge is 2.28. The number of nitrogens with zero attached hydrogens (tertiary/aromatic N) is 1. The molecule has 1 aliphatic heterocycles. The molecule has 168 valence electrons. The van der Waals surface area contributed by atoms with Crippen LogP contribution in [-0.2, 0) is 4.84 Å². The lowest BCUT2D eigenvalue weighted by molar-refractivity contribution is -0.0536. The first-order chi connectivity index (χ1) is 16.0. The molecule has 3 aromatic rings. The standard InChI is InChI=1S/C26H25N3O4/c1-18(29(31)26(27)30)13-14-19-7-5-9-21(15-19)25-17-24(28-33-25)20-8-6-12-23(16-20)32-22-10-3-2-4-11-22/h2-12,15-16,18,24-25,28,31H,17H2,1H3,(H2,27,30). The number of nitrogens with one attached hydrogen (secondary N) is 1. The van der Waals surface area contributed by atoms with Crippen molar-refractivity contribution < 1.29 is 19.6 Å². The quantitative estimate of drug-likeness (QED) is 0.302. The third-order valence-corrected chi connectivity index (χ3v) is 5.32. The molecule has 0 saturated carbocycles. The van der Waals surface area contributed by atoms with Gasteiger partial charge in [0.15, 0.2) is 0 Å². The largest absolute Gasteiger partial charge is 0.457 e. The minimum atomic E-state index is -0.944. The fourth-order valence-electron chi connectivity index (χ4n) is 3.56. The van der Waals surface area contributed by atoms with Crippen LogP contribution in [0.4, 0.5) is 4.79 Å². The minimum Gasteiger partial charge on any atom is -0.457 e. The minimum absolute atomic E-state index is 0.0163. The molecule has 2 amide bonds. The number of carbonyl (C=O) groups is 1. The van der Waals surface area contributed by atoms with Crippen molar-refractivity contribution in [3.63, 3.8) is 0 Å². The zero-order valence-electron chi connectivity index (χ0n) is 18.1. The maximum Gasteiger partial charge on any atom is 0.339 e. The van der Waals surface area contributed by atoms with Crippen LogP contribution in [-0.4, -0.2) is 22.3 Å². The summed E-state index contributed by atoms with van der Waals surface area (Å²) in [4.78, 5) is 16.9. The van der Waals surface area contributed by atoms with E-state index in [0.29, 0.717) is 5.06 Å². The summed E-state index contributed by atoms with van der Waals surface area (Å²) in [5, 5.41) is 9.96. The summed E-state index contributed by atoms with van der Waals surface area (Å²) in [5.74, 6) is 7.33. The molecule has 0 aliphatic carbocycles. The normalized spacial score (nSPS) is 18.1. The number of amides is 2. The molecular weight excluding hydrogens is 418 g/mol. The van der Waals surface area contributed by atoms with E-state index in [1.165, 1.54) is 0 Å². The Kier molecular flexibility index (Phi) is 6.91. The first-order valence-electron chi connectivity index (χ1n) is 10.6. The third kappa shape index (κ3) is 5.70. The number of primary amides is 1. The molecule has 4 N–H and O–H groups in total. The summed E-state index contributed by atoms with van der Waals surface area (Å²) in [6.45, 7) is 1.59. The molecule has 7 nitrogen and oxygen atoms in total. The van der Waals surface area contributed by atoms with E-state index < -0.39 is 12.1 Å². The Labute approximate surface area is 192 Å². The van der Waals surface area contributed by atoms with E-state index in [9.17, 15) is 10.0 Å². The fraction of sp³-hybridized carbons (Fsp3) is 0.192. The average molecular weight is 444 g/mol. The number of nitrogens with two attached hydrogens (primary N) is 1. The molecule has 7 heteroatoms. The summed E-state index contributed by atoms with van der Waals surface area (Å²) in [6.07, 6.45) is 0.599. The number of para-hydroxylation sites is 1. The van der Waals surface area contributed by atoms with Crippen molar-refractivity contribution in [2.75, 3.05) is 0 Å². The molecule has 3 aromatic carbocycles. The van der Waals surface area contributed by atoms with Crippen molar-refractivity contribution in [1.82, 2.24) is 10.5 Å². The summed E-state index contributed by atoms with van der Waals surface area (Å²) >= 11 is 0. The van der Waals surface area contributed by atoms with Crippen molar-refractivity contribution >= 4 is 6.03 Å². The molecule has 1 heterocycles. The van der Waals surface area contributed by atoms with Crippen molar-refractivity contribution in [3.05, 3.63) is 95.6 Å². The van der Waals surface area contributed by atoms with E-state index in [1.54, 1.807) is 6.92 Å². The molecule has 4 rings (SSSR count). The second-order valence-electron chi connectivity index (χ2n) is 7.75. The van der Waals surface area contributed by atoms with Crippen molar-refractivity contribution in [3.8, 4) is 23.3 Å². The number of rotatable bonds is 5. The van der Waals surface area contributed by atoms with Gasteiger partial charge in [-0.1, -0.05) is 54.3 Å². The predicted molar refractivity (Wildman–Crippen MR) is 123 cm³/mol. The lowest BCUT2D eigenvalue weighted by atomic mass is 9.97. The Morgan fingerprint density at radius 1 is 1.09 bits per heavy atom. The van der Waals surface area contributed by atoms with Gasteiger partial charge in [-0.25, -0.2) is 4.79 Å². The molecule has 0 radical (unpaired) electrons. The number of hydrogen-bond donors (Lipinski definition) is 3. The SMILES string of the molecule is CC(C#Cc1cccc(C2CC(c3cccc(Oc4ccccc4)c3)NO2)c1)N(O)C(N)=O. The second-order valence-corrected chi connectivity index (χ2v) is 7.75. The lowest BCUT2D eigenvalue weighted by Gasteiger charge is -2.14. The van der Waals surface area contributed by atoms with E-state index >= 15 is 0 Å². The van der Waals surface area contributed by atoms with Crippen LogP contribution < -0.4 is 16.0 Å². The molecule has 1 saturated heterocycles. The van der Waals surface area contributed by atoms with Crippen LogP contribution in [0.2, 0.25) is 0 Å². The molecule has 0 aromatic heterocycles. The fourth-order valence-corrected chi connectivity index (χ4v) is 3.56. The number of hydroxylamine groups is 3. The maximum absolute atomic E-state index is 11.0. The van der Waals surface area contributed by atoms with Crippen LogP contribution >= 0.6 is 0 Å². The summed E-state index contributed by atoms with van der Waals surface area (Å²) in [6, 6.07) is 23.7. The Morgan fingerprint density at radius 2 is 1.82 bits per heavy atom. The summed E-state index contributed by atoms with van der Waals surface area (Å²) in [7, 11) is 0. The van der Waals surface area contributed by atoms with E-state index in [1.807, 2.05) is 78.9 Å². The molecule has 0 spiro atoms. The molecule has 0 bridgehead atoms. The van der Waals surface area contributed by atoms with Crippen LogP contribution in [0.1, 0.15) is 42.2 Å². The number of hydrogen-bond acceptors (Lipinski definition) is 5. The molecule has 1 aliphatic rings. The molecular formula is C26H25N3O4. The molecule has 33 heavy (non-hydrogen) atoms. The zero-order chi connectivity index (χ0) is 23.2. The van der Waals surface area contributed by atoms with E-state index in [2.05, 4.69) is 17.3 Å². The van der Waals surface area contributed by atoms with Crippen LogP contribution in [0.25, 0.3) is 0 Å². The van der Waals surface area contributed by atoms with Gasteiger partial charge in [0.25, 0.3) is 0 Å². The van der Waals surface area contributed by atoms with Crippen LogP contribution in [0.15, 0.2) is 78.9 Å². The number of benzene rings is 3. The lowest BCUT2D eigenvalue weighted by Crippen LogP contribution is -2.38. The van der Waals surface area contributed by atoms with Gasteiger partial charge in [0.05, 0.1) is 6.04 Å². The number of ether oxygens (including phenoxy) is 1. The van der Waals surface area contributed by atoms with Gasteiger partial charge >= 0.3 is 6.03 Å². The average Bonchev–Trinajstić information content (AvgIpc) is 3.33. The molecule has 3 atom stereocenters. The highest BCUT2D eigenvalue weighted by molar-refractivity contribution is 5.71. The number of carbonyl (C=O) groups excluding carboxylic acids is 1. The van der Waals surface area contributed by atoms with E-state index in [0.717, 1.165) is 34.6 Å². The van der Waals surface area contributed by atoms with Crippen molar-refractivity contribution in [2.24, 2.45) is 5.73 Å². The topological polar surface area (TPSA) is 97.0 Å². The van der Waals surface area contributed by atoms with Gasteiger partial charge in [0, 0.05) is 12.0 Å². The monoisotopic (exact) mass is 443 g/mol. The van der Waals surface area contributed by atoms with Gasteiger partial charge in [0.1, 0.15) is 23.6 Å². The highest BCUT2D eigenvalue weighted by Crippen LogP contribution is 2.36. The zero-order valence-corrected chi connectivity index (χ0v) is 18.1. The summed E-state index contributed by atoms with van der Waals surface area (Å²) in [5.41, 5.74) is 11.0. The Hall–Kier alpha value is -3.83. The van der Waals surface area contributed by atoms with Gasteiger partial charge in [-0.15, -0.1) is 0 Å². The second kappa shape index (κ2) is 10.2. The van der Waals surface area contributed by atoms with Gasteiger partial charge in [0.2, 0.25) is 0 Å². The van der Waals surface area contributed by atoms with Crippen LogP contribution in [0.5, 0.6) is 11.5 Å². The smallest absolute Gasteiger partial charge is 0.339 e. The first-order valence-corrected chi connectivity index (χ1v) is 10.6. The van der Waals surface area contributed by atoms with Gasteiger partial charge in [-0.2, -0.15) is 10.5 Å². The third-order valence-electron chi connectivity index (χ3n) is 5.32. The van der Waals surface area contributed by atoms with E-state index in [4.69, 9.17) is 15.3 Å².